The summed E-state index contributed by atoms with van der Waals surface area (Å²) < 4.78 is 1.76. The molecule has 0 atom stereocenters. The Morgan fingerprint density at radius 2 is 1.67 bits per heavy atom. The van der Waals surface area contributed by atoms with Crippen molar-refractivity contribution in [2.45, 2.75) is 6.92 Å². The van der Waals surface area contributed by atoms with Crippen LogP contribution in [0.25, 0.3) is 12.0 Å². The lowest BCUT2D eigenvalue weighted by Gasteiger charge is -2.35. The largest absolute Gasteiger partial charge is 0.369 e. The van der Waals surface area contributed by atoms with Gasteiger partial charge < -0.3 is 4.90 Å². The molecular formula is C21H23Cl3N6. The number of hydrogen-bond acceptors (Lipinski definition) is 5. The number of halogens is 3. The van der Waals surface area contributed by atoms with E-state index in [1.165, 1.54) is 0 Å². The molecule has 0 unspecified atom stereocenters. The van der Waals surface area contributed by atoms with Crippen molar-refractivity contribution in [2.24, 2.45) is 0 Å². The minimum absolute atomic E-state index is 0. The Hall–Kier alpha value is -2.12. The average Bonchev–Trinajstić information content (AvgIpc) is 3.09. The molecule has 3 aromatic rings. The second kappa shape index (κ2) is 10.3. The molecule has 0 radical (unpaired) electrons. The molecule has 1 aliphatic rings. The van der Waals surface area contributed by atoms with Gasteiger partial charge in [-0.15, -0.1) is 12.4 Å². The average molecular weight is 466 g/mol. The van der Waals surface area contributed by atoms with Crippen LogP contribution in [0.2, 0.25) is 10.0 Å². The number of hydrogen-bond donors (Lipinski definition) is 0. The van der Waals surface area contributed by atoms with Crippen LogP contribution < -0.4 is 4.90 Å². The topological polar surface area (TPSA) is 50.1 Å². The minimum Gasteiger partial charge on any atom is -0.369 e. The van der Waals surface area contributed by atoms with Gasteiger partial charge in [0.1, 0.15) is 0 Å². The Bertz CT molecular complexity index is 977. The molecule has 30 heavy (non-hydrogen) atoms. The van der Waals surface area contributed by atoms with Crippen molar-refractivity contribution >= 4 is 47.4 Å². The van der Waals surface area contributed by atoms with Crippen LogP contribution in [0.1, 0.15) is 11.3 Å². The number of anilines is 1. The monoisotopic (exact) mass is 464 g/mol. The van der Waals surface area contributed by atoms with Crippen LogP contribution in [0.3, 0.4) is 0 Å². The predicted octanol–water partition coefficient (Wildman–Crippen LogP) is 4.53. The number of aromatic nitrogens is 4. The van der Waals surface area contributed by atoms with Gasteiger partial charge >= 0.3 is 0 Å². The zero-order chi connectivity index (χ0) is 20.2. The van der Waals surface area contributed by atoms with E-state index < -0.39 is 0 Å². The van der Waals surface area contributed by atoms with Crippen molar-refractivity contribution < 1.29 is 0 Å². The van der Waals surface area contributed by atoms with Gasteiger partial charge in [-0.05, 0) is 31.2 Å². The molecule has 0 spiro atoms. The Morgan fingerprint density at radius 1 is 1.00 bits per heavy atom. The Morgan fingerprint density at radius 3 is 2.33 bits per heavy atom. The normalized spacial score (nSPS) is 14.8. The lowest BCUT2D eigenvalue weighted by Crippen LogP contribution is -2.46. The molecule has 6 nitrogen and oxygen atoms in total. The molecule has 2 aromatic heterocycles. The highest BCUT2D eigenvalue weighted by Gasteiger charge is 2.17. The Labute approximate surface area is 192 Å². The zero-order valence-corrected chi connectivity index (χ0v) is 18.9. The maximum atomic E-state index is 6.13. The molecule has 158 valence electrons. The van der Waals surface area contributed by atoms with Crippen LogP contribution >= 0.6 is 35.6 Å². The molecule has 1 fully saturated rings. The zero-order valence-electron chi connectivity index (χ0n) is 16.6. The van der Waals surface area contributed by atoms with Gasteiger partial charge in [0.05, 0.1) is 11.9 Å². The molecule has 0 saturated carbocycles. The molecule has 0 bridgehead atoms. The van der Waals surface area contributed by atoms with Gasteiger partial charge in [-0.2, -0.15) is 5.10 Å². The standard InChI is InChI=1S/C21H22Cl2N6.ClH/c1-16-17(15-26-29(16)21-24-5-3-6-25-21)4-2-7-27-8-10-28(11-9-27)20-13-18(22)12-19(23)14-20;/h2-6,12-15H,7-11H2,1H3;1H. The summed E-state index contributed by atoms with van der Waals surface area (Å²) in [5.41, 5.74) is 3.18. The molecular weight excluding hydrogens is 443 g/mol. The SMILES string of the molecule is Cc1c(C=CCN2CCN(c3cc(Cl)cc(Cl)c3)CC2)cnn1-c1ncccn1.Cl. The first kappa shape index (κ1) is 22.6. The highest BCUT2D eigenvalue weighted by molar-refractivity contribution is 6.35. The summed E-state index contributed by atoms with van der Waals surface area (Å²) in [6, 6.07) is 7.51. The molecule has 1 aliphatic heterocycles. The van der Waals surface area contributed by atoms with E-state index in [4.69, 9.17) is 23.2 Å². The summed E-state index contributed by atoms with van der Waals surface area (Å²) in [5.74, 6) is 0.585. The fraction of sp³-hybridized carbons (Fsp3) is 0.286. The molecule has 3 heterocycles. The third kappa shape index (κ3) is 5.32. The first-order chi connectivity index (χ1) is 14.1. The van der Waals surface area contributed by atoms with Crippen LogP contribution in [0.15, 0.2) is 48.9 Å². The lowest BCUT2D eigenvalue weighted by atomic mass is 10.2. The van der Waals surface area contributed by atoms with E-state index in [-0.39, 0.29) is 12.4 Å². The summed E-state index contributed by atoms with van der Waals surface area (Å²) >= 11 is 12.3. The van der Waals surface area contributed by atoms with Crippen molar-refractivity contribution in [1.29, 1.82) is 0 Å². The van der Waals surface area contributed by atoms with Crippen molar-refractivity contribution in [2.75, 3.05) is 37.6 Å². The molecule has 9 heteroatoms. The fourth-order valence-corrected chi connectivity index (χ4v) is 3.94. The molecule has 0 N–H and O–H groups in total. The highest BCUT2D eigenvalue weighted by Crippen LogP contribution is 2.26. The van der Waals surface area contributed by atoms with Crippen LogP contribution in [0.5, 0.6) is 0 Å². The first-order valence-electron chi connectivity index (χ1n) is 9.52. The van der Waals surface area contributed by atoms with E-state index in [1.807, 2.05) is 25.3 Å². The fourth-order valence-electron chi connectivity index (χ4n) is 3.43. The third-order valence-corrected chi connectivity index (χ3v) is 5.47. The van der Waals surface area contributed by atoms with Crippen molar-refractivity contribution in [3.63, 3.8) is 0 Å². The van der Waals surface area contributed by atoms with Gasteiger partial charge in [0.2, 0.25) is 0 Å². The third-order valence-electron chi connectivity index (χ3n) is 5.04. The number of rotatable bonds is 5. The number of piperazine rings is 1. The maximum absolute atomic E-state index is 6.13. The smallest absolute Gasteiger partial charge is 0.250 e. The van der Waals surface area contributed by atoms with Gasteiger partial charge in [0.25, 0.3) is 5.95 Å². The summed E-state index contributed by atoms with van der Waals surface area (Å²) in [6.45, 7) is 6.81. The number of benzene rings is 1. The second-order valence-electron chi connectivity index (χ2n) is 6.96. The van der Waals surface area contributed by atoms with Gasteiger partial charge in [-0.3, -0.25) is 4.90 Å². The van der Waals surface area contributed by atoms with Crippen LogP contribution in [-0.2, 0) is 0 Å². The molecule has 1 aromatic carbocycles. The summed E-state index contributed by atoms with van der Waals surface area (Å²) in [4.78, 5) is 13.3. The van der Waals surface area contributed by atoms with E-state index in [9.17, 15) is 0 Å². The van der Waals surface area contributed by atoms with E-state index in [1.54, 1.807) is 29.2 Å². The van der Waals surface area contributed by atoms with Crippen LogP contribution in [0.4, 0.5) is 5.69 Å². The Balaban J connectivity index is 0.00000256. The lowest BCUT2D eigenvalue weighted by molar-refractivity contribution is 0.284. The van der Waals surface area contributed by atoms with Crippen LogP contribution in [0, 0.1) is 6.92 Å². The van der Waals surface area contributed by atoms with E-state index >= 15 is 0 Å². The second-order valence-corrected chi connectivity index (χ2v) is 7.84. The first-order valence-corrected chi connectivity index (χ1v) is 10.3. The quantitative estimate of drug-likeness (QED) is 0.554. The molecule has 4 rings (SSSR count). The van der Waals surface area contributed by atoms with Gasteiger partial charge in [0.15, 0.2) is 0 Å². The summed E-state index contributed by atoms with van der Waals surface area (Å²) in [7, 11) is 0. The van der Waals surface area contributed by atoms with E-state index in [2.05, 4.69) is 37.0 Å². The van der Waals surface area contributed by atoms with E-state index in [0.717, 1.165) is 49.7 Å². The molecule has 0 amide bonds. The highest BCUT2D eigenvalue weighted by atomic mass is 35.5. The van der Waals surface area contributed by atoms with E-state index in [0.29, 0.717) is 16.0 Å². The van der Waals surface area contributed by atoms with Crippen molar-refractivity contribution in [3.05, 3.63) is 70.2 Å². The van der Waals surface area contributed by atoms with Gasteiger partial charge in [-0.1, -0.05) is 35.4 Å². The molecule has 1 saturated heterocycles. The van der Waals surface area contributed by atoms with Crippen molar-refractivity contribution in [3.8, 4) is 5.95 Å². The Kier molecular flexibility index (Phi) is 7.72. The summed E-state index contributed by atoms with van der Waals surface area (Å²) in [5, 5.41) is 5.76. The van der Waals surface area contributed by atoms with Gasteiger partial charge in [-0.25, -0.2) is 14.6 Å². The van der Waals surface area contributed by atoms with Crippen molar-refractivity contribution in [1.82, 2.24) is 24.6 Å². The number of nitrogens with zero attached hydrogens (tertiary/aromatic N) is 6. The molecule has 0 aliphatic carbocycles. The van der Waals surface area contributed by atoms with Crippen LogP contribution in [-0.4, -0.2) is 57.4 Å². The minimum atomic E-state index is 0. The predicted molar refractivity (Wildman–Crippen MR) is 125 cm³/mol. The maximum Gasteiger partial charge on any atom is 0.250 e. The summed E-state index contributed by atoms with van der Waals surface area (Å²) in [6.07, 6.45) is 9.59. The van der Waals surface area contributed by atoms with Gasteiger partial charge in [0, 0.05) is 66.4 Å².